The number of hydrogen-bond donors (Lipinski definition) is 0. The fourth-order valence-corrected chi connectivity index (χ4v) is 2.42. The zero-order valence-corrected chi connectivity index (χ0v) is 12.3. The summed E-state index contributed by atoms with van der Waals surface area (Å²) in [4.78, 5) is 5.02. The molecule has 2 nitrogen and oxygen atoms in total. The van der Waals surface area contributed by atoms with Crippen molar-refractivity contribution in [3.05, 3.63) is 0 Å². The molecule has 0 fully saturated rings. The number of hydrogen-bond acceptors (Lipinski definition) is 2. The molecule has 0 radical (unpaired) electrons. The Hall–Kier alpha value is 0.210. The lowest BCUT2D eigenvalue weighted by atomic mass is 10.1. The molecule has 0 amide bonds. The molecule has 0 spiro atoms. The molecule has 0 rings (SSSR count). The summed E-state index contributed by atoms with van der Waals surface area (Å²) in [6.07, 6.45) is 2.46. The van der Waals surface area contributed by atoms with Crippen LogP contribution in [0.3, 0.4) is 0 Å². The van der Waals surface area contributed by atoms with Gasteiger partial charge in [-0.3, -0.25) is 4.90 Å². The molecule has 0 unspecified atom stereocenters. The number of nitrogens with zero attached hydrogens (tertiary/aromatic N) is 2. The molecule has 16 heavy (non-hydrogen) atoms. The van der Waals surface area contributed by atoms with E-state index in [0.29, 0.717) is 6.04 Å². The van der Waals surface area contributed by atoms with Crippen molar-refractivity contribution in [2.75, 3.05) is 38.6 Å². The van der Waals surface area contributed by atoms with Crippen LogP contribution in [-0.4, -0.2) is 54.4 Å². The van der Waals surface area contributed by atoms with E-state index in [0.717, 1.165) is 32.1 Å². The highest BCUT2D eigenvalue weighted by atomic mass is 35.5. The fraction of sp³-hybridized carbons (Fsp3) is 1.00. The topological polar surface area (TPSA) is 6.48 Å². The van der Waals surface area contributed by atoms with Crippen LogP contribution in [0.4, 0.5) is 0 Å². The maximum absolute atomic E-state index is 5.88. The van der Waals surface area contributed by atoms with Crippen LogP contribution in [0, 0.1) is 0 Å². The summed E-state index contributed by atoms with van der Waals surface area (Å²) in [6, 6.07) is 0.703. The van der Waals surface area contributed by atoms with Gasteiger partial charge in [0.05, 0.1) is 0 Å². The Bertz CT molecular complexity index is 145. The molecule has 0 aromatic rings. The van der Waals surface area contributed by atoms with Crippen LogP contribution in [0.25, 0.3) is 0 Å². The Morgan fingerprint density at radius 1 is 0.875 bits per heavy atom. The summed E-state index contributed by atoms with van der Waals surface area (Å²) < 4.78 is 0. The minimum Gasteiger partial charge on any atom is -0.303 e. The van der Waals surface area contributed by atoms with Crippen molar-refractivity contribution < 1.29 is 0 Å². The zero-order valence-electron chi connectivity index (χ0n) is 11.5. The van der Waals surface area contributed by atoms with Crippen molar-refractivity contribution in [1.82, 2.24) is 9.80 Å². The van der Waals surface area contributed by atoms with E-state index < -0.39 is 0 Å². The van der Waals surface area contributed by atoms with Gasteiger partial charge in [0.2, 0.25) is 0 Å². The molecule has 0 saturated heterocycles. The minimum atomic E-state index is 0.703. The second-order valence-corrected chi connectivity index (χ2v) is 4.60. The van der Waals surface area contributed by atoms with E-state index in [-0.39, 0.29) is 0 Å². The van der Waals surface area contributed by atoms with Gasteiger partial charge in [-0.1, -0.05) is 27.7 Å². The lowest BCUT2D eigenvalue weighted by Gasteiger charge is -2.31. The van der Waals surface area contributed by atoms with E-state index in [2.05, 4.69) is 37.5 Å². The first kappa shape index (κ1) is 16.2. The van der Waals surface area contributed by atoms with E-state index in [1.165, 1.54) is 19.4 Å². The van der Waals surface area contributed by atoms with Crippen molar-refractivity contribution in [2.24, 2.45) is 0 Å². The summed E-state index contributed by atoms with van der Waals surface area (Å²) in [5.41, 5.74) is 0. The molecular formula is C13H29ClN2. The minimum absolute atomic E-state index is 0.703. The standard InChI is InChI=1S/C13H29ClN2/c1-5-13(6-2)16(10-9-14)12-11-15(7-3)8-4/h13H,5-12H2,1-4H3. The van der Waals surface area contributed by atoms with E-state index in [9.17, 15) is 0 Å². The first-order valence-corrected chi connectivity index (χ1v) is 7.29. The van der Waals surface area contributed by atoms with Crippen LogP contribution in [0.5, 0.6) is 0 Å². The highest BCUT2D eigenvalue weighted by Crippen LogP contribution is 2.08. The number of likely N-dealkylation sites (N-methyl/N-ethyl adjacent to an activating group) is 1. The molecule has 0 aliphatic rings. The number of alkyl halides is 1. The maximum atomic E-state index is 5.88. The van der Waals surface area contributed by atoms with E-state index in [4.69, 9.17) is 11.6 Å². The normalized spacial score (nSPS) is 12.0. The molecule has 98 valence electrons. The Kier molecular flexibility index (Phi) is 10.5. The van der Waals surface area contributed by atoms with Gasteiger partial charge in [-0.15, -0.1) is 11.6 Å². The van der Waals surface area contributed by atoms with Gasteiger partial charge in [0.25, 0.3) is 0 Å². The molecule has 0 aliphatic heterocycles. The molecule has 0 aliphatic carbocycles. The maximum Gasteiger partial charge on any atom is 0.0351 e. The Morgan fingerprint density at radius 3 is 1.81 bits per heavy atom. The Morgan fingerprint density at radius 2 is 1.44 bits per heavy atom. The molecule has 0 aromatic carbocycles. The number of rotatable bonds is 10. The van der Waals surface area contributed by atoms with Gasteiger partial charge in [-0.25, -0.2) is 0 Å². The third-order valence-electron chi connectivity index (χ3n) is 3.43. The second kappa shape index (κ2) is 10.4. The van der Waals surface area contributed by atoms with Gasteiger partial charge in [0, 0.05) is 31.6 Å². The highest BCUT2D eigenvalue weighted by molar-refractivity contribution is 6.18. The first-order valence-electron chi connectivity index (χ1n) is 6.75. The van der Waals surface area contributed by atoms with Gasteiger partial charge >= 0.3 is 0 Å². The summed E-state index contributed by atoms with van der Waals surface area (Å²) >= 11 is 5.88. The zero-order chi connectivity index (χ0) is 12.4. The van der Waals surface area contributed by atoms with Crippen LogP contribution in [0.15, 0.2) is 0 Å². The van der Waals surface area contributed by atoms with Gasteiger partial charge in [0.15, 0.2) is 0 Å². The van der Waals surface area contributed by atoms with Crippen molar-refractivity contribution in [3.8, 4) is 0 Å². The largest absolute Gasteiger partial charge is 0.303 e. The van der Waals surface area contributed by atoms with Gasteiger partial charge in [0.1, 0.15) is 0 Å². The van der Waals surface area contributed by atoms with Crippen LogP contribution >= 0.6 is 11.6 Å². The van der Waals surface area contributed by atoms with Crippen LogP contribution < -0.4 is 0 Å². The van der Waals surface area contributed by atoms with Crippen LogP contribution in [-0.2, 0) is 0 Å². The molecule has 3 heteroatoms. The monoisotopic (exact) mass is 248 g/mol. The molecule has 0 bridgehead atoms. The predicted molar refractivity (Wildman–Crippen MR) is 74.5 cm³/mol. The Labute approximate surface area is 107 Å². The SMILES string of the molecule is CCC(CC)N(CCCl)CCN(CC)CC. The fourth-order valence-electron chi connectivity index (χ4n) is 2.20. The third-order valence-corrected chi connectivity index (χ3v) is 3.60. The number of halogens is 1. The van der Waals surface area contributed by atoms with Crippen LogP contribution in [0.1, 0.15) is 40.5 Å². The lowest BCUT2D eigenvalue weighted by Crippen LogP contribution is -2.41. The van der Waals surface area contributed by atoms with E-state index >= 15 is 0 Å². The van der Waals surface area contributed by atoms with Crippen molar-refractivity contribution in [1.29, 1.82) is 0 Å². The van der Waals surface area contributed by atoms with E-state index in [1.807, 2.05) is 0 Å². The third kappa shape index (κ3) is 6.07. The lowest BCUT2D eigenvalue weighted by molar-refractivity contribution is 0.165. The average Bonchev–Trinajstić information content (AvgIpc) is 2.31. The molecule has 0 saturated carbocycles. The molecule has 0 atom stereocenters. The van der Waals surface area contributed by atoms with Gasteiger partial charge in [-0.05, 0) is 25.9 Å². The van der Waals surface area contributed by atoms with Crippen molar-refractivity contribution >= 4 is 11.6 Å². The summed E-state index contributed by atoms with van der Waals surface area (Å²) in [6.45, 7) is 14.6. The molecular weight excluding hydrogens is 220 g/mol. The molecule has 0 aromatic heterocycles. The molecule has 0 heterocycles. The molecule has 0 N–H and O–H groups in total. The first-order chi connectivity index (χ1) is 7.73. The predicted octanol–water partition coefficient (Wildman–Crippen LogP) is 3.06. The summed E-state index contributed by atoms with van der Waals surface area (Å²) in [5, 5.41) is 0. The van der Waals surface area contributed by atoms with E-state index in [1.54, 1.807) is 0 Å². The second-order valence-electron chi connectivity index (χ2n) is 4.22. The smallest absolute Gasteiger partial charge is 0.0351 e. The van der Waals surface area contributed by atoms with Crippen molar-refractivity contribution in [3.63, 3.8) is 0 Å². The summed E-state index contributed by atoms with van der Waals surface area (Å²) in [5.74, 6) is 0.745. The van der Waals surface area contributed by atoms with Crippen molar-refractivity contribution in [2.45, 2.75) is 46.6 Å². The average molecular weight is 249 g/mol. The van der Waals surface area contributed by atoms with Crippen LogP contribution in [0.2, 0.25) is 0 Å². The highest BCUT2D eigenvalue weighted by Gasteiger charge is 2.14. The quantitative estimate of drug-likeness (QED) is 0.549. The Balaban J connectivity index is 4.10. The summed E-state index contributed by atoms with van der Waals surface area (Å²) in [7, 11) is 0. The van der Waals surface area contributed by atoms with Gasteiger partial charge in [-0.2, -0.15) is 0 Å². The van der Waals surface area contributed by atoms with Gasteiger partial charge < -0.3 is 4.90 Å².